The highest BCUT2D eigenvalue weighted by atomic mass is 32.2. The molecule has 2 N–H and O–H groups in total. The molecular weight excluding hydrogens is 244 g/mol. The summed E-state index contributed by atoms with van der Waals surface area (Å²) in [5.74, 6) is 0.956. The van der Waals surface area contributed by atoms with Gasteiger partial charge in [-0.3, -0.25) is 4.79 Å². The zero-order valence-corrected chi connectivity index (χ0v) is 11.2. The van der Waals surface area contributed by atoms with Gasteiger partial charge in [0.1, 0.15) is 0 Å². The topological polar surface area (TPSA) is 66.9 Å². The first-order valence-corrected chi connectivity index (χ1v) is 6.82. The second-order valence-electron chi connectivity index (χ2n) is 3.61. The zero-order valence-electron chi connectivity index (χ0n) is 9.61. The highest BCUT2D eigenvalue weighted by molar-refractivity contribution is 8.01. The van der Waals surface area contributed by atoms with Crippen LogP contribution in [0.3, 0.4) is 0 Å². The Bertz CT molecular complexity index is 340. The van der Waals surface area contributed by atoms with Crippen molar-refractivity contribution in [1.82, 2.24) is 15.5 Å². The summed E-state index contributed by atoms with van der Waals surface area (Å²) >= 11 is 2.88. The van der Waals surface area contributed by atoms with Crippen molar-refractivity contribution < 1.29 is 4.79 Å². The molecular formula is C9H16N4OS2. The number of carbonyl (C=O) groups excluding carboxylic acids is 1. The van der Waals surface area contributed by atoms with Gasteiger partial charge < -0.3 is 10.6 Å². The number of nitrogens with zero attached hydrogens (tertiary/aromatic N) is 2. The van der Waals surface area contributed by atoms with Gasteiger partial charge in [-0.25, -0.2) is 0 Å². The van der Waals surface area contributed by atoms with E-state index in [0.29, 0.717) is 11.7 Å². The van der Waals surface area contributed by atoms with Crippen LogP contribution in [0.15, 0.2) is 4.34 Å². The van der Waals surface area contributed by atoms with Crippen molar-refractivity contribution in [3.05, 3.63) is 0 Å². The minimum atomic E-state index is -0.00288. The van der Waals surface area contributed by atoms with Crippen LogP contribution >= 0.6 is 23.1 Å². The molecule has 1 rings (SSSR count). The molecule has 0 atom stereocenters. The second-order valence-corrected chi connectivity index (χ2v) is 5.81. The van der Waals surface area contributed by atoms with Gasteiger partial charge >= 0.3 is 0 Å². The molecule has 16 heavy (non-hydrogen) atoms. The number of aromatic nitrogens is 2. The normalized spacial score (nSPS) is 10.5. The fraction of sp³-hybridized carbons (Fsp3) is 0.667. The Hall–Kier alpha value is -0.820. The molecule has 0 aliphatic rings. The third kappa shape index (κ3) is 4.80. The summed E-state index contributed by atoms with van der Waals surface area (Å²) in [6.45, 7) is 5.15. The number of anilines is 1. The van der Waals surface area contributed by atoms with Gasteiger partial charge in [-0.1, -0.05) is 36.9 Å². The van der Waals surface area contributed by atoms with E-state index in [-0.39, 0.29) is 5.91 Å². The third-order valence-electron chi connectivity index (χ3n) is 1.67. The first-order chi connectivity index (χ1) is 7.61. The van der Waals surface area contributed by atoms with E-state index in [2.05, 4.69) is 34.7 Å². The summed E-state index contributed by atoms with van der Waals surface area (Å²) in [4.78, 5) is 11.0. The van der Waals surface area contributed by atoms with E-state index in [1.165, 1.54) is 23.1 Å². The van der Waals surface area contributed by atoms with Crippen molar-refractivity contribution in [2.45, 2.75) is 18.2 Å². The van der Waals surface area contributed by atoms with Gasteiger partial charge in [-0.15, -0.1) is 10.2 Å². The molecule has 0 saturated carbocycles. The van der Waals surface area contributed by atoms with Crippen molar-refractivity contribution >= 4 is 34.1 Å². The number of carbonyl (C=O) groups is 1. The number of rotatable bonds is 6. The summed E-state index contributed by atoms with van der Waals surface area (Å²) in [6.07, 6.45) is 0. The summed E-state index contributed by atoms with van der Waals surface area (Å²) in [6, 6.07) is 0. The van der Waals surface area contributed by atoms with Gasteiger partial charge in [-0.2, -0.15) is 0 Å². The standard InChI is InChI=1S/C9H16N4OS2/c1-6(2)4-11-8-12-13-9(16-8)15-5-7(14)10-3/h6H,4-5H2,1-3H3,(H,10,14)(H,11,12). The Kier molecular flexibility index (Phi) is 5.54. The van der Waals surface area contributed by atoms with E-state index < -0.39 is 0 Å². The first kappa shape index (κ1) is 13.2. The van der Waals surface area contributed by atoms with Crippen LogP contribution in [0.5, 0.6) is 0 Å². The number of thioether (sulfide) groups is 1. The molecule has 0 bridgehead atoms. The lowest BCUT2D eigenvalue weighted by molar-refractivity contribution is -0.118. The van der Waals surface area contributed by atoms with E-state index in [1.807, 2.05) is 0 Å². The van der Waals surface area contributed by atoms with E-state index in [4.69, 9.17) is 0 Å². The number of hydrogen-bond acceptors (Lipinski definition) is 6. The molecule has 7 heteroatoms. The quantitative estimate of drug-likeness (QED) is 0.758. The average molecular weight is 260 g/mol. The molecule has 5 nitrogen and oxygen atoms in total. The number of amides is 1. The Morgan fingerprint density at radius 3 is 2.88 bits per heavy atom. The molecule has 0 aliphatic heterocycles. The fourth-order valence-corrected chi connectivity index (χ4v) is 2.46. The van der Waals surface area contributed by atoms with Gasteiger partial charge in [0.25, 0.3) is 0 Å². The van der Waals surface area contributed by atoms with Crippen molar-refractivity contribution in [3.63, 3.8) is 0 Å². The molecule has 0 spiro atoms. The SMILES string of the molecule is CNC(=O)CSc1nnc(NCC(C)C)s1. The molecule has 1 aromatic rings. The van der Waals surface area contributed by atoms with Crippen LogP contribution in [0, 0.1) is 5.92 Å². The molecule has 1 aromatic heterocycles. The lowest BCUT2D eigenvalue weighted by Crippen LogP contribution is -2.19. The molecule has 0 aromatic carbocycles. The zero-order chi connectivity index (χ0) is 12.0. The van der Waals surface area contributed by atoms with Gasteiger partial charge in [0, 0.05) is 13.6 Å². The maximum Gasteiger partial charge on any atom is 0.230 e. The minimum absolute atomic E-state index is 0.00288. The summed E-state index contributed by atoms with van der Waals surface area (Å²) in [5.41, 5.74) is 0. The Balaban J connectivity index is 2.36. The van der Waals surface area contributed by atoms with Crippen LogP contribution < -0.4 is 10.6 Å². The summed E-state index contributed by atoms with van der Waals surface area (Å²) in [7, 11) is 1.62. The van der Waals surface area contributed by atoms with Crippen LogP contribution in [-0.2, 0) is 4.79 Å². The monoisotopic (exact) mass is 260 g/mol. The van der Waals surface area contributed by atoms with E-state index in [9.17, 15) is 4.79 Å². The van der Waals surface area contributed by atoms with Crippen molar-refractivity contribution in [2.75, 3.05) is 24.7 Å². The van der Waals surface area contributed by atoms with Crippen LogP contribution in [0.25, 0.3) is 0 Å². The second kappa shape index (κ2) is 6.70. The lowest BCUT2D eigenvalue weighted by atomic mass is 10.2. The van der Waals surface area contributed by atoms with E-state index in [1.54, 1.807) is 7.05 Å². The molecule has 0 saturated heterocycles. The lowest BCUT2D eigenvalue weighted by Gasteiger charge is -2.03. The largest absolute Gasteiger partial charge is 0.360 e. The molecule has 0 radical (unpaired) electrons. The molecule has 1 amide bonds. The molecule has 90 valence electrons. The first-order valence-electron chi connectivity index (χ1n) is 5.02. The van der Waals surface area contributed by atoms with Crippen molar-refractivity contribution in [1.29, 1.82) is 0 Å². The van der Waals surface area contributed by atoms with Crippen LogP contribution in [0.4, 0.5) is 5.13 Å². The van der Waals surface area contributed by atoms with Gasteiger partial charge in [0.05, 0.1) is 5.75 Å². The number of hydrogen-bond donors (Lipinski definition) is 2. The highest BCUT2D eigenvalue weighted by Gasteiger charge is 2.07. The smallest absolute Gasteiger partial charge is 0.230 e. The van der Waals surface area contributed by atoms with Crippen LogP contribution in [0.2, 0.25) is 0 Å². The van der Waals surface area contributed by atoms with Crippen LogP contribution in [0.1, 0.15) is 13.8 Å². The van der Waals surface area contributed by atoms with Gasteiger partial charge in [-0.05, 0) is 5.92 Å². The Labute approximate surface area is 103 Å². The average Bonchev–Trinajstić information content (AvgIpc) is 2.71. The van der Waals surface area contributed by atoms with E-state index in [0.717, 1.165) is 16.0 Å². The van der Waals surface area contributed by atoms with Crippen molar-refractivity contribution in [2.24, 2.45) is 5.92 Å². The molecule has 0 fully saturated rings. The Morgan fingerprint density at radius 1 is 1.50 bits per heavy atom. The van der Waals surface area contributed by atoms with Crippen molar-refractivity contribution in [3.8, 4) is 0 Å². The summed E-state index contributed by atoms with van der Waals surface area (Å²) < 4.78 is 0.815. The predicted octanol–water partition coefficient (Wildman–Crippen LogP) is 1.44. The third-order valence-corrected chi connectivity index (χ3v) is 3.69. The summed E-state index contributed by atoms with van der Waals surface area (Å²) in [5, 5.41) is 14.6. The minimum Gasteiger partial charge on any atom is -0.360 e. The maximum absolute atomic E-state index is 11.0. The number of nitrogens with one attached hydrogen (secondary N) is 2. The van der Waals surface area contributed by atoms with Gasteiger partial charge in [0.15, 0.2) is 4.34 Å². The predicted molar refractivity (Wildman–Crippen MR) is 68.0 cm³/mol. The fourth-order valence-electron chi connectivity index (χ4n) is 0.830. The van der Waals surface area contributed by atoms with Gasteiger partial charge in [0.2, 0.25) is 11.0 Å². The van der Waals surface area contributed by atoms with Crippen LogP contribution in [-0.4, -0.2) is 35.4 Å². The Morgan fingerprint density at radius 2 is 2.25 bits per heavy atom. The molecule has 0 aliphatic carbocycles. The maximum atomic E-state index is 11.0. The molecule has 0 unspecified atom stereocenters. The molecule has 1 heterocycles. The van der Waals surface area contributed by atoms with E-state index >= 15 is 0 Å². The highest BCUT2D eigenvalue weighted by Crippen LogP contribution is 2.25.